The monoisotopic (exact) mass is 732 g/mol. The van der Waals surface area contributed by atoms with Crippen LogP contribution in [0.2, 0.25) is 0 Å². The van der Waals surface area contributed by atoms with Crippen LogP contribution in [0.1, 0.15) is 23.2 Å². The van der Waals surface area contributed by atoms with Crippen molar-refractivity contribution in [3.8, 4) is 23.0 Å². The third-order valence-corrected chi connectivity index (χ3v) is 11.6. The molecule has 0 unspecified atom stereocenters. The van der Waals surface area contributed by atoms with Crippen molar-refractivity contribution in [2.75, 3.05) is 25.4 Å². The maximum absolute atomic E-state index is 14.3. The Bertz CT molecular complexity index is 1770. The topological polar surface area (TPSA) is 95.1 Å². The molecule has 0 aliphatic carbocycles. The van der Waals surface area contributed by atoms with Gasteiger partial charge in [0.2, 0.25) is 0 Å². The predicted molar refractivity (Wildman–Crippen MR) is 208 cm³/mol. The van der Waals surface area contributed by atoms with Crippen molar-refractivity contribution in [1.82, 2.24) is 10.6 Å². The van der Waals surface area contributed by atoms with Gasteiger partial charge >= 0.3 is 15.2 Å². The van der Waals surface area contributed by atoms with Crippen LogP contribution >= 0.6 is 15.2 Å². The zero-order valence-electron chi connectivity index (χ0n) is 28.6. The minimum atomic E-state index is -3.68. The van der Waals surface area contributed by atoms with Crippen molar-refractivity contribution < 1.29 is 27.2 Å². The fourth-order valence-corrected chi connectivity index (χ4v) is 8.70. The van der Waals surface area contributed by atoms with Crippen molar-refractivity contribution in [3.05, 3.63) is 193 Å². The SMILES string of the molecule is O=P(CCN[C@@H](c1ccccc1)[C@@H](NCCP(=O)(Oc1ccccc1)Oc1ccccc1)c1ccccc1)(Oc1ccccc1)Oc1ccccc1. The number of para-hydroxylation sites is 4. The number of benzene rings is 6. The van der Waals surface area contributed by atoms with Gasteiger partial charge < -0.3 is 28.7 Å². The molecule has 0 aromatic heterocycles. The highest BCUT2D eigenvalue weighted by Crippen LogP contribution is 2.49. The van der Waals surface area contributed by atoms with E-state index < -0.39 is 15.2 Å². The molecule has 10 heteroatoms. The molecule has 266 valence electrons. The molecule has 0 aliphatic rings. The van der Waals surface area contributed by atoms with E-state index >= 15 is 0 Å². The Balaban J connectivity index is 1.23. The van der Waals surface area contributed by atoms with E-state index in [1.165, 1.54) is 0 Å². The Morgan fingerprint density at radius 2 is 0.596 bits per heavy atom. The molecule has 0 bridgehead atoms. The van der Waals surface area contributed by atoms with E-state index in [0.29, 0.717) is 36.1 Å². The first kappa shape index (κ1) is 36.7. The lowest BCUT2D eigenvalue weighted by Gasteiger charge is -2.31. The maximum atomic E-state index is 14.3. The third-order valence-electron chi connectivity index (χ3n) is 8.10. The fourth-order valence-electron chi connectivity index (χ4n) is 5.68. The van der Waals surface area contributed by atoms with Crippen LogP contribution in [0.15, 0.2) is 182 Å². The van der Waals surface area contributed by atoms with E-state index in [1.807, 2.05) is 109 Å². The number of nitrogens with one attached hydrogen (secondary N) is 2. The van der Waals surface area contributed by atoms with Crippen molar-refractivity contribution in [3.63, 3.8) is 0 Å². The van der Waals surface area contributed by atoms with Gasteiger partial charge in [-0.25, -0.2) is 9.13 Å². The first-order valence-corrected chi connectivity index (χ1v) is 20.7. The third kappa shape index (κ3) is 10.9. The molecule has 0 amide bonds. The van der Waals surface area contributed by atoms with E-state index in [9.17, 15) is 9.13 Å². The molecule has 2 N–H and O–H groups in total. The molecule has 0 heterocycles. The molecule has 52 heavy (non-hydrogen) atoms. The van der Waals surface area contributed by atoms with E-state index in [1.54, 1.807) is 48.5 Å². The van der Waals surface area contributed by atoms with Gasteiger partial charge in [0, 0.05) is 13.1 Å². The molecule has 2 atom stereocenters. The summed E-state index contributed by atoms with van der Waals surface area (Å²) in [6, 6.07) is 55.8. The molecule has 0 radical (unpaired) electrons. The Labute approximate surface area is 305 Å². The van der Waals surface area contributed by atoms with Gasteiger partial charge in [-0.1, -0.05) is 133 Å². The first-order valence-electron chi connectivity index (χ1n) is 17.2. The normalized spacial score (nSPS) is 12.7. The van der Waals surface area contributed by atoms with Gasteiger partial charge in [0.05, 0.1) is 24.4 Å². The largest absolute Gasteiger partial charge is 0.431 e. The lowest BCUT2D eigenvalue weighted by Crippen LogP contribution is -2.38. The van der Waals surface area contributed by atoms with Gasteiger partial charge in [-0.2, -0.15) is 0 Å². The average molecular weight is 733 g/mol. The van der Waals surface area contributed by atoms with E-state index in [-0.39, 0.29) is 24.4 Å². The van der Waals surface area contributed by atoms with Gasteiger partial charge in [-0.3, -0.25) is 0 Å². The standard InChI is InChI=1S/C42H42N2O6P2/c45-51(47-37-23-11-3-12-24-37,48-38-25-13-4-14-26-38)33-31-43-41(35-19-7-1-8-20-35)42(36-21-9-2-10-22-36)44-32-34-52(46,49-39-27-15-5-16-28-39)50-40-29-17-6-18-30-40/h1-30,41-44H,31-34H2/t41-,42-/m0/s1. The summed E-state index contributed by atoms with van der Waals surface area (Å²) in [6.07, 6.45) is 0.180. The lowest BCUT2D eigenvalue weighted by atomic mass is 9.93. The Kier molecular flexibility index (Phi) is 13.0. The quantitative estimate of drug-likeness (QED) is 0.0795. The second-order valence-electron chi connectivity index (χ2n) is 12.0. The molecule has 0 aliphatic heterocycles. The molecule has 0 spiro atoms. The van der Waals surface area contributed by atoms with Crippen LogP contribution in [-0.4, -0.2) is 25.4 Å². The summed E-state index contributed by atoms with van der Waals surface area (Å²) in [5.41, 5.74) is 2.02. The van der Waals surface area contributed by atoms with Crippen molar-refractivity contribution in [1.29, 1.82) is 0 Å². The molecule has 0 saturated heterocycles. The van der Waals surface area contributed by atoms with Gasteiger partial charge in [-0.15, -0.1) is 0 Å². The van der Waals surface area contributed by atoms with Gasteiger partial charge in [-0.05, 0) is 59.7 Å². The molecule has 6 rings (SSSR count). The smallest absolute Gasteiger partial charge is 0.416 e. The molecule has 0 fully saturated rings. The molecule has 8 nitrogen and oxygen atoms in total. The Morgan fingerprint density at radius 3 is 0.846 bits per heavy atom. The molecule has 6 aromatic carbocycles. The summed E-state index contributed by atoms with van der Waals surface area (Å²) in [6.45, 7) is 0.600. The second kappa shape index (κ2) is 18.4. The average Bonchev–Trinajstić information content (AvgIpc) is 3.18. The van der Waals surface area contributed by atoms with Gasteiger partial charge in [0.25, 0.3) is 0 Å². The molecular formula is C42H42N2O6P2. The minimum Gasteiger partial charge on any atom is -0.416 e. The highest BCUT2D eigenvalue weighted by Gasteiger charge is 2.32. The van der Waals surface area contributed by atoms with Crippen LogP contribution < -0.4 is 28.7 Å². The summed E-state index contributed by atoms with van der Waals surface area (Å²) in [4.78, 5) is 0. The lowest BCUT2D eigenvalue weighted by molar-refractivity contribution is 0.364. The van der Waals surface area contributed by atoms with Crippen LogP contribution in [0.25, 0.3) is 0 Å². The van der Waals surface area contributed by atoms with Gasteiger partial charge in [0.1, 0.15) is 23.0 Å². The summed E-state index contributed by atoms with van der Waals surface area (Å²) < 4.78 is 52.9. The summed E-state index contributed by atoms with van der Waals surface area (Å²) in [5, 5.41) is 7.33. The first-order chi connectivity index (χ1) is 25.5. The summed E-state index contributed by atoms with van der Waals surface area (Å²) >= 11 is 0. The zero-order valence-corrected chi connectivity index (χ0v) is 30.4. The second-order valence-corrected chi connectivity index (χ2v) is 16.0. The minimum absolute atomic E-state index is 0.0899. The summed E-state index contributed by atoms with van der Waals surface area (Å²) in [7, 11) is -7.35. The van der Waals surface area contributed by atoms with Crippen LogP contribution in [0.3, 0.4) is 0 Å². The summed E-state index contributed by atoms with van der Waals surface area (Å²) in [5.74, 6) is 1.85. The van der Waals surface area contributed by atoms with Crippen LogP contribution in [-0.2, 0) is 9.13 Å². The number of hydrogen-bond donors (Lipinski definition) is 2. The van der Waals surface area contributed by atoms with Crippen molar-refractivity contribution in [2.24, 2.45) is 0 Å². The maximum Gasteiger partial charge on any atom is 0.431 e. The highest BCUT2D eigenvalue weighted by molar-refractivity contribution is 7.55. The van der Waals surface area contributed by atoms with E-state index in [2.05, 4.69) is 34.9 Å². The van der Waals surface area contributed by atoms with Crippen molar-refractivity contribution >= 4 is 15.2 Å². The molecular weight excluding hydrogens is 690 g/mol. The fraction of sp³-hybridized carbons (Fsp3) is 0.143. The van der Waals surface area contributed by atoms with Crippen LogP contribution in [0, 0.1) is 0 Å². The number of rotatable bonds is 19. The van der Waals surface area contributed by atoms with Crippen LogP contribution in [0.4, 0.5) is 0 Å². The highest BCUT2D eigenvalue weighted by atomic mass is 31.2. The van der Waals surface area contributed by atoms with E-state index in [4.69, 9.17) is 18.1 Å². The predicted octanol–water partition coefficient (Wildman–Crippen LogP) is 10.4. The molecule has 0 saturated carbocycles. The van der Waals surface area contributed by atoms with Gasteiger partial charge in [0.15, 0.2) is 0 Å². The molecule has 6 aromatic rings. The zero-order chi connectivity index (χ0) is 35.9. The van der Waals surface area contributed by atoms with Crippen LogP contribution in [0.5, 0.6) is 23.0 Å². The van der Waals surface area contributed by atoms with E-state index in [0.717, 1.165) is 11.1 Å². The van der Waals surface area contributed by atoms with Crippen molar-refractivity contribution in [2.45, 2.75) is 12.1 Å². The Hall–Kier alpha value is -5.10. The Morgan fingerprint density at radius 1 is 0.365 bits per heavy atom. The number of hydrogen-bond acceptors (Lipinski definition) is 8.